The molecule has 1 aromatic carbocycles. The van der Waals surface area contributed by atoms with Crippen LogP contribution in [0, 0.1) is 0 Å². The molecule has 2 heterocycles. The van der Waals surface area contributed by atoms with Gasteiger partial charge in [0.2, 0.25) is 0 Å². The summed E-state index contributed by atoms with van der Waals surface area (Å²) in [6, 6.07) is 8.67. The van der Waals surface area contributed by atoms with Crippen molar-refractivity contribution in [3.8, 4) is 0 Å². The van der Waals surface area contributed by atoms with Gasteiger partial charge in [0.15, 0.2) is 0 Å². The van der Waals surface area contributed by atoms with Gasteiger partial charge >= 0.3 is 6.18 Å². The number of hydrogen-bond acceptors (Lipinski definition) is 3. The Morgan fingerprint density at radius 1 is 1.11 bits per heavy atom. The predicted octanol–water partition coefficient (Wildman–Crippen LogP) is 4.99. The maximum Gasteiger partial charge on any atom is 0.416 e. The van der Waals surface area contributed by atoms with E-state index >= 15 is 0 Å². The highest BCUT2D eigenvalue weighted by molar-refractivity contribution is 6.31. The van der Waals surface area contributed by atoms with Gasteiger partial charge in [-0.15, -0.1) is 0 Å². The SMILES string of the molecule is Cn1ncc(Cl)c1C(Cc1cccnc1)OCc1ccc(C(F)(F)F)cc1. The molecule has 142 valence electrons. The van der Waals surface area contributed by atoms with E-state index in [0.29, 0.717) is 22.7 Å². The standard InChI is InChI=1S/C19H17ClF3N3O/c1-26-18(16(20)11-25-26)17(9-14-3-2-8-24-10-14)27-12-13-4-6-15(7-5-13)19(21,22)23/h2-8,10-11,17H,9,12H2,1H3. The molecule has 27 heavy (non-hydrogen) atoms. The first-order valence-electron chi connectivity index (χ1n) is 8.18. The molecule has 0 aliphatic carbocycles. The summed E-state index contributed by atoms with van der Waals surface area (Å²) in [5, 5.41) is 4.61. The van der Waals surface area contributed by atoms with Gasteiger partial charge in [0.1, 0.15) is 6.10 Å². The molecular weight excluding hydrogens is 379 g/mol. The summed E-state index contributed by atoms with van der Waals surface area (Å²) < 4.78 is 45.7. The normalized spacial score (nSPS) is 12.9. The van der Waals surface area contributed by atoms with Gasteiger partial charge < -0.3 is 4.74 Å². The molecule has 2 aromatic heterocycles. The van der Waals surface area contributed by atoms with Crippen LogP contribution in [0.1, 0.15) is 28.5 Å². The molecule has 0 amide bonds. The number of aromatic nitrogens is 3. The Morgan fingerprint density at radius 3 is 2.41 bits per heavy atom. The van der Waals surface area contributed by atoms with E-state index in [4.69, 9.17) is 16.3 Å². The zero-order chi connectivity index (χ0) is 19.4. The highest BCUT2D eigenvalue weighted by Gasteiger charge is 2.30. The number of hydrogen-bond donors (Lipinski definition) is 0. The van der Waals surface area contributed by atoms with E-state index < -0.39 is 17.8 Å². The second-order valence-corrected chi connectivity index (χ2v) is 6.47. The van der Waals surface area contributed by atoms with Gasteiger partial charge in [0.25, 0.3) is 0 Å². The summed E-state index contributed by atoms with van der Waals surface area (Å²) in [6.07, 6.45) is 0.681. The van der Waals surface area contributed by atoms with Crippen molar-refractivity contribution >= 4 is 11.6 Å². The highest BCUT2D eigenvalue weighted by atomic mass is 35.5. The largest absolute Gasteiger partial charge is 0.416 e. The molecule has 0 saturated carbocycles. The van der Waals surface area contributed by atoms with Gasteiger partial charge in [-0.25, -0.2) is 0 Å². The van der Waals surface area contributed by atoms with Crippen molar-refractivity contribution in [2.75, 3.05) is 0 Å². The maximum absolute atomic E-state index is 12.7. The smallest absolute Gasteiger partial charge is 0.367 e. The number of benzene rings is 1. The van der Waals surface area contributed by atoms with Crippen LogP contribution in [0.4, 0.5) is 13.2 Å². The summed E-state index contributed by atoms with van der Waals surface area (Å²) in [5.74, 6) is 0. The lowest BCUT2D eigenvalue weighted by Crippen LogP contribution is -2.13. The number of alkyl halides is 3. The molecule has 1 atom stereocenters. The Bertz CT molecular complexity index is 860. The molecule has 3 aromatic rings. The van der Waals surface area contributed by atoms with Gasteiger partial charge in [-0.05, 0) is 29.3 Å². The fourth-order valence-corrected chi connectivity index (χ4v) is 3.02. The first-order valence-corrected chi connectivity index (χ1v) is 8.56. The summed E-state index contributed by atoms with van der Waals surface area (Å²) in [5.41, 5.74) is 1.60. The molecule has 1 unspecified atom stereocenters. The van der Waals surface area contributed by atoms with Crippen LogP contribution >= 0.6 is 11.6 Å². The van der Waals surface area contributed by atoms with E-state index in [0.717, 1.165) is 17.7 Å². The van der Waals surface area contributed by atoms with Crippen LogP contribution in [0.5, 0.6) is 0 Å². The highest BCUT2D eigenvalue weighted by Crippen LogP contribution is 2.31. The van der Waals surface area contributed by atoms with Crippen LogP contribution in [0.25, 0.3) is 0 Å². The zero-order valence-electron chi connectivity index (χ0n) is 14.4. The average Bonchev–Trinajstić information content (AvgIpc) is 2.98. The third-order valence-electron chi connectivity index (χ3n) is 4.12. The minimum atomic E-state index is -4.36. The van der Waals surface area contributed by atoms with E-state index in [9.17, 15) is 13.2 Å². The van der Waals surface area contributed by atoms with Crippen LogP contribution in [0.2, 0.25) is 5.02 Å². The van der Waals surface area contributed by atoms with Crippen LogP contribution in [-0.2, 0) is 31.0 Å². The zero-order valence-corrected chi connectivity index (χ0v) is 15.2. The van der Waals surface area contributed by atoms with E-state index in [-0.39, 0.29) is 6.61 Å². The number of rotatable bonds is 6. The van der Waals surface area contributed by atoms with Crippen LogP contribution < -0.4 is 0 Å². The monoisotopic (exact) mass is 395 g/mol. The molecule has 0 aliphatic rings. The molecule has 0 radical (unpaired) electrons. The Morgan fingerprint density at radius 2 is 1.85 bits per heavy atom. The van der Waals surface area contributed by atoms with Crippen LogP contribution in [-0.4, -0.2) is 14.8 Å². The third kappa shape index (κ3) is 4.87. The molecule has 0 saturated heterocycles. The van der Waals surface area contributed by atoms with Gasteiger partial charge in [0.05, 0.1) is 29.1 Å². The third-order valence-corrected chi connectivity index (χ3v) is 4.41. The summed E-state index contributed by atoms with van der Waals surface area (Å²) in [7, 11) is 1.76. The fraction of sp³-hybridized carbons (Fsp3) is 0.263. The van der Waals surface area contributed by atoms with Gasteiger partial charge in [0, 0.05) is 25.9 Å². The van der Waals surface area contributed by atoms with Crippen molar-refractivity contribution < 1.29 is 17.9 Å². The lowest BCUT2D eigenvalue weighted by Gasteiger charge is -2.19. The summed E-state index contributed by atoms with van der Waals surface area (Å²) in [4.78, 5) is 4.10. The lowest BCUT2D eigenvalue weighted by atomic mass is 10.1. The minimum Gasteiger partial charge on any atom is -0.367 e. The number of ether oxygens (including phenoxy) is 1. The van der Waals surface area contributed by atoms with Gasteiger partial charge in [-0.2, -0.15) is 18.3 Å². The number of aryl methyl sites for hydroxylation is 1. The lowest BCUT2D eigenvalue weighted by molar-refractivity contribution is -0.137. The average molecular weight is 396 g/mol. The topological polar surface area (TPSA) is 39.9 Å². The predicted molar refractivity (Wildman–Crippen MR) is 95.1 cm³/mol. The Labute approximate surface area is 159 Å². The van der Waals surface area contributed by atoms with Crippen LogP contribution in [0.3, 0.4) is 0 Å². The number of pyridine rings is 1. The Hall–Kier alpha value is -2.38. The van der Waals surface area contributed by atoms with E-state index in [1.807, 2.05) is 12.1 Å². The fourth-order valence-electron chi connectivity index (χ4n) is 2.74. The quantitative estimate of drug-likeness (QED) is 0.590. The summed E-state index contributed by atoms with van der Waals surface area (Å²) in [6.45, 7) is 0.143. The molecule has 8 heteroatoms. The first kappa shape index (κ1) is 19.4. The van der Waals surface area contributed by atoms with Crippen molar-refractivity contribution in [1.82, 2.24) is 14.8 Å². The molecule has 0 spiro atoms. The van der Waals surface area contributed by atoms with Crippen molar-refractivity contribution in [1.29, 1.82) is 0 Å². The van der Waals surface area contributed by atoms with E-state index in [2.05, 4.69) is 10.1 Å². The second kappa shape index (κ2) is 8.10. The van der Waals surface area contributed by atoms with Gasteiger partial charge in [-0.1, -0.05) is 29.8 Å². The van der Waals surface area contributed by atoms with Crippen molar-refractivity contribution in [2.45, 2.75) is 25.3 Å². The second-order valence-electron chi connectivity index (χ2n) is 6.06. The van der Waals surface area contributed by atoms with Crippen molar-refractivity contribution in [3.05, 3.63) is 82.4 Å². The molecular formula is C19H17ClF3N3O. The molecule has 3 rings (SSSR count). The van der Waals surface area contributed by atoms with Crippen LogP contribution in [0.15, 0.2) is 55.0 Å². The van der Waals surface area contributed by atoms with E-state index in [1.165, 1.54) is 18.3 Å². The first-order chi connectivity index (χ1) is 12.8. The minimum absolute atomic E-state index is 0.143. The molecule has 0 N–H and O–H groups in total. The Kier molecular flexibility index (Phi) is 5.82. The summed E-state index contributed by atoms with van der Waals surface area (Å²) >= 11 is 6.25. The number of nitrogens with zero attached hydrogens (tertiary/aromatic N) is 3. The van der Waals surface area contributed by atoms with E-state index in [1.54, 1.807) is 24.1 Å². The van der Waals surface area contributed by atoms with Crippen molar-refractivity contribution in [2.24, 2.45) is 7.05 Å². The number of halogens is 4. The molecule has 0 bridgehead atoms. The molecule has 4 nitrogen and oxygen atoms in total. The molecule has 0 fully saturated rings. The Balaban J connectivity index is 1.77. The molecule has 0 aliphatic heterocycles. The maximum atomic E-state index is 12.7. The van der Waals surface area contributed by atoms with Crippen molar-refractivity contribution in [3.63, 3.8) is 0 Å². The van der Waals surface area contributed by atoms with Gasteiger partial charge in [-0.3, -0.25) is 9.67 Å².